The van der Waals surface area contributed by atoms with Crippen molar-refractivity contribution in [3.05, 3.63) is 59.8 Å². The van der Waals surface area contributed by atoms with Crippen LogP contribution in [0.25, 0.3) is 10.9 Å². The number of carbonyl (C=O) groups excluding carboxylic acids is 1. The van der Waals surface area contributed by atoms with Crippen molar-refractivity contribution in [2.45, 2.75) is 26.7 Å². The molecule has 2 N–H and O–H groups in total. The van der Waals surface area contributed by atoms with E-state index in [-0.39, 0.29) is 5.91 Å². The molecule has 3 rings (SSSR count). The van der Waals surface area contributed by atoms with E-state index >= 15 is 0 Å². The molecule has 0 bridgehead atoms. The number of ether oxygens (including phenoxy) is 2. The van der Waals surface area contributed by atoms with Crippen molar-refractivity contribution in [3.8, 4) is 11.5 Å². The predicted molar refractivity (Wildman–Crippen MR) is 111 cm³/mol. The SMILES string of the molecule is CCCOc1ccc(/C=N/NC(=O)c2c[nH]c3ccccc23)c(OCCC)c1. The maximum absolute atomic E-state index is 12.4. The summed E-state index contributed by atoms with van der Waals surface area (Å²) in [5.74, 6) is 1.17. The molecule has 1 aromatic heterocycles. The Balaban J connectivity index is 1.72. The highest BCUT2D eigenvalue weighted by molar-refractivity contribution is 6.06. The number of amides is 1. The van der Waals surface area contributed by atoms with Gasteiger partial charge in [0.05, 0.1) is 25.0 Å². The van der Waals surface area contributed by atoms with Crippen LogP contribution >= 0.6 is 0 Å². The van der Waals surface area contributed by atoms with Crippen LogP contribution in [0.4, 0.5) is 0 Å². The molecule has 146 valence electrons. The molecule has 6 nitrogen and oxygen atoms in total. The topological polar surface area (TPSA) is 75.7 Å². The molecule has 0 atom stereocenters. The average Bonchev–Trinajstić information content (AvgIpc) is 3.16. The lowest BCUT2D eigenvalue weighted by atomic mass is 10.2. The Labute approximate surface area is 164 Å². The summed E-state index contributed by atoms with van der Waals surface area (Å²) in [7, 11) is 0. The number of hydrogen-bond donors (Lipinski definition) is 2. The van der Waals surface area contributed by atoms with E-state index in [1.165, 1.54) is 0 Å². The Morgan fingerprint density at radius 3 is 2.71 bits per heavy atom. The van der Waals surface area contributed by atoms with Crippen LogP contribution in [-0.4, -0.2) is 30.3 Å². The van der Waals surface area contributed by atoms with E-state index < -0.39 is 0 Å². The van der Waals surface area contributed by atoms with Crippen molar-refractivity contribution in [1.82, 2.24) is 10.4 Å². The molecule has 0 fully saturated rings. The number of rotatable bonds is 9. The third kappa shape index (κ3) is 4.71. The van der Waals surface area contributed by atoms with E-state index in [0.717, 1.165) is 35.1 Å². The van der Waals surface area contributed by atoms with Gasteiger partial charge in [-0.3, -0.25) is 4.79 Å². The third-order valence-electron chi connectivity index (χ3n) is 4.12. The molecule has 28 heavy (non-hydrogen) atoms. The number of hydrazone groups is 1. The number of fused-ring (bicyclic) bond motifs is 1. The van der Waals surface area contributed by atoms with Crippen LogP contribution in [0.3, 0.4) is 0 Å². The second-order valence-corrected chi connectivity index (χ2v) is 6.34. The first kappa shape index (κ1) is 19.5. The molecule has 0 spiro atoms. The number of carbonyl (C=O) groups is 1. The molecule has 1 amide bonds. The number of nitrogens with one attached hydrogen (secondary N) is 2. The first-order valence-corrected chi connectivity index (χ1v) is 9.52. The summed E-state index contributed by atoms with van der Waals surface area (Å²) in [6.45, 7) is 5.36. The fourth-order valence-electron chi connectivity index (χ4n) is 2.75. The fraction of sp³-hybridized carbons (Fsp3) is 0.273. The minimum absolute atomic E-state index is 0.271. The summed E-state index contributed by atoms with van der Waals surface area (Å²) < 4.78 is 11.5. The number of H-pyrrole nitrogens is 1. The fourth-order valence-corrected chi connectivity index (χ4v) is 2.75. The van der Waals surface area contributed by atoms with Crippen molar-refractivity contribution in [3.63, 3.8) is 0 Å². The summed E-state index contributed by atoms with van der Waals surface area (Å²) >= 11 is 0. The molecular formula is C22H25N3O3. The molecule has 0 saturated heterocycles. The van der Waals surface area contributed by atoms with Gasteiger partial charge in [0.25, 0.3) is 5.91 Å². The lowest BCUT2D eigenvalue weighted by molar-refractivity contribution is 0.0957. The molecule has 3 aromatic rings. The molecule has 0 unspecified atom stereocenters. The van der Waals surface area contributed by atoms with Gasteiger partial charge in [-0.1, -0.05) is 32.0 Å². The average molecular weight is 379 g/mol. The van der Waals surface area contributed by atoms with Crippen LogP contribution in [0.2, 0.25) is 0 Å². The van der Waals surface area contributed by atoms with E-state index in [1.807, 2.05) is 49.4 Å². The zero-order chi connectivity index (χ0) is 19.8. The Kier molecular flexibility index (Phi) is 6.68. The van der Waals surface area contributed by atoms with Crippen molar-refractivity contribution in [1.29, 1.82) is 0 Å². The maximum Gasteiger partial charge on any atom is 0.273 e. The number of aromatic nitrogens is 1. The Morgan fingerprint density at radius 2 is 1.89 bits per heavy atom. The molecule has 0 radical (unpaired) electrons. The Hall–Kier alpha value is -3.28. The zero-order valence-corrected chi connectivity index (χ0v) is 16.2. The first-order valence-electron chi connectivity index (χ1n) is 9.52. The van der Waals surface area contributed by atoms with Gasteiger partial charge in [-0.15, -0.1) is 0 Å². The standard InChI is InChI=1S/C22H25N3O3/c1-3-11-27-17-10-9-16(21(13-17)28-12-4-2)14-24-25-22(26)19-15-23-20-8-6-5-7-18(19)20/h5-10,13-15,23H,3-4,11-12H2,1-2H3,(H,25,26)/b24-14+. The van der Waals surface area contributed by atoms with Gasteiger partial charge in [0, 0.05) is 28.7 Å². The summed E-state index contributed by atoms with van der Waals surface area (Å²) in [6, 6.07) is 13.2. The van der Waals surface area contributed by atoms with Gasteiger partial charge < -0.3 is 14.5 Å². The monoisotopic (exact) mass is 379 g/mol. The molecule has 0 aliphatic carbocycles. The van der Waals surface area contributed by atoms with Crippen LogP contribution < -0.4 is 14.9 Å². The number of hydrogen-bond acceptors (Lipinski definition) is 4. The smallest absolute Gasteiger partial charge is 0.273 e. The second kappa shape index (κ2) is 9.60. The van der Waals surface area contributed by atoms with Gasteiger partial charge in [0.15, 0.2) is 0 Å². The molecule has 6 heteroatoms. The van der Waals surface area contributed by atoms with E-state index in [9.17, 15) is 4.79 Å². The van der Waals surface area contributed by atoms with E-state index in [0.29, 0.717) is 24.5 Å². The highest BCUT2D eigenvalue weighted by atomic mass is 16.5. The van der Waals surface area contributed by atoms with Crippen LogP contribution in [0.1, 0.15) is 42.6 Å². The molecule has 2 aromatic carbocycles. The second-order valence-electron chi connectivity index (χ2n) is 6.34. The minimum atomic E-state index is -0.271. The Morgan fingerprint density at radius 1 is 1.11 bits per heavy atom. The minimum Gasteiger partial charge on any atom is -0.493 e. The Bertz CT molecular complexity index is 963. The van der Waals surface area contributed by atoms with Crippen LogP contribution in [0.15, 0.2) is 53.8 Å². The summed E-state index contributed by atoms with van der Waals surface area (Å²) in [6.07, 6.45) is 5.11. The van der Waals surface area contributed by atoms with Crippen LogP contribution in [0.5, 0.6) is 11.5 Å². The molecule has 0 saturated carbocycles. The lowest BCUT2D eigenvalue weighted by Gasteiger charge is -2.11. The molecule has 1 heterocycles. The number of nitrogens with zero attached hydrogens (tertiary/aromatic N) is 1. The van der Waals surface area contributed by atoms with Crippen LogP contribution in [0, 0.1) is 0 Å². The van der Waals surface area contributed by atoms with Gasteiger partial charge in [0.2, 0.25) is 0 Å². The van der Waals surface area contributed by atoms with Crippen LogP contribution in [-0.2, 0) is 0 Å². The quantitative estimate of drug-likeness (QED) is 0.424. The van der Waals surface area contributed by atoms with Crippen molar-refractivity contribution in [2.24, 2.45) is 5.10 Å². The van der Waals surface area contributed by atoms with Crippen molar-refractivity contribution < 1.29 is 14.3 Å². The van der Waals surface area contributed by atoms with Gasteiger partial charge in [-0.05, 0) is 31.0 Å². The van der Waals surface area contributed by atoms with Crippen molar-refractivity contribution >= 4 is 23.0 Å². The summed E-state index contributed by atoms with van der Waals surface area (Å²) in [4.78, 5) is 15.5. The van der Waals surface area contributed by atoms with Gasteiger partial charge in [-0.2, -0.15) is 5.10 Å². The summed E-state index contributed by atoms with van der Waals surface area (Å²) in [5, 5.41) is 4.97. The largest absolute Gasteiger partial charge is 0.493 e. The molecular weight excluding hydrogens is 354 g/mol. The number of para-hydroxylation sites is 1. The first-order chi connectivity index (χ1) is 13.7. The highest BCUT2D eigenvalue weighted by Crippen LogP contribution is 2.24. The predicted octanol–water partition coefficient (Wildman–Crippen LogP) is 4.51. The molecule has 0 aliphatic rings. The highest BCUT2D eigenvalue weighted by Gasteiger charge is 2.11. The van der Waals surface area contributed by atoms with E-state index in [4.69, 9.17) is 9.47 Å². The molecule has 0 aliphatic heterocycles. The zero-order valence-electron chi connectivity index (χ0n) is 16.2. The van der Waals surface area contributed by atoms with E-state index in [1.54, 1.807) is 12.4 Å². The van der Waals surface area contributed by atoms with Crippen molar-refractivity contribution in [2.75, 3.05) is 13.2 Å². The normalized spacial score (nSPS) is 11.1. The third-order valence-corrected chi connectivity index (χ3v) is 4.12. The van der Waals surface area contributed by atoms with Gasteiger partial charge in [0.1, 0.15) is 11.5 Å². The number of aromatic amines is 1. The maximum atomic E-state index is 12.4. The van der Waals surface area contributed by atoms with Gasteiger partial charge >= 0.3 is 0 Å². The summed E-state index contributed by atoms with van der Waals surface area (Å²) in [5.41, 5.74) is 4.82. The number of benzene rings is 2. The van der Waals surface area contributed by atoms with E-state index in [2.05, 4.69) is 22.4 Å². The lowest BCUT2D eigenvalue weighted by Crippen LogP contribution is -2.17. The van der Waals surface area contributed by atoms with Gasteiger partial charge in [-0.25, -0.2) is 5.43 Å².